The summed E-state index contributed by atoms with van der Waals surface area (Å²) < 4.78 is 63.9. The molecule has 7 rings (SSSR count). The number of nitrogens with zero attached hydrogens (tertiary/aromatic N) is 7. The maximum absolute atomic E-state index is 14.4. The predicted molar refractivity (Wildman–Crippen MR) is 182 cm³/mol. The molecule has 1 saturated heterocycles. The summed E-state index contributed by atoms with van der Waals surface area (Å²) in [5.41, 5.74) is -0.293. The van der Waals surface area contributed by atoms with E-state index in [4.69, 9.17) is 16.3 Å². The van der Waals surface area contributed by atoms with E-state index in [1.807, 2.05) is 29.7 Å². The molecule has 1 aliphatic carbocycles. The summed E-state index contributed by atoms with van der Waals surface area (Å²) >= 11 is 6.05. The van der Waals surface area contributed by atoms with Crippen LogP contribution in [0.5, 0.6) is 0 Å². The van der Waals surface area contributed by atoms with E-state index in [1.54, 1.807) is 10.9 Å². The number of carbonyl (C=O) groups is 1. The third-order valence-electron chi connectivity index (χ3n) is 9.82. The van der Waals surface area contributed by atoms with Gasteiger partial charge in [-0.2, -0.15) is 22.7 Å². The van der Waals surface area contributed by atoms with Gasteiger partial charge in [-0.15, -0.1) is 5.10 Å². The molecule has 272 valence electrons. The molecular weight excluding hydrogens is 698 g/mol. The molecule has 0 bridgehead atoms. The van der Waals surface area contributed by atoms with Crippen molar-refractivity contribution in [1.29, 1.82) is 0 Å². The first-order valence-electron chi connectivity index (χ1n) is 16.8. The first-order valence-corrected chi connectivity index (χ1v) is 17.2. The lowest BCUT2D eigenvalue weighted by Gasteiger charge is -2.41. The summed E-state index contributed by atoms with van der Waals surface area (Å²) in [6.45, 7) is 5.33. The Kier molecular flexibility index (Phi) is 9.20. The second-order valence-electron chi connectivity index (χ2n) is 13.0. The summed E-state index contributed by atoms with van der Waals surface area (Å²) in [5.74, 6) is -1.96. The fourth-order valence-electron chi connectivity index (χ4n) is 7.00. The van der Waals surface area contributed by atoms with Gasteiger partial charge in [0.2, 0.25) is 11.7 Å². The molecule has 3 aromatic heterocycles. The maximum Gasteiger partial charge on any atom is 0.419 e. The van der Waals surface area contributed by atoms with Crippen molar-refractivity contribution in [1.82, 2.24) is 28.9 Å². The molecule has 1 saturated carbocycles. The molecule has 4 aromatic rings. The summed E-state index contributed by atoms with van der Waals surface area (Å²) in [6, 6.07) is 0.943. The smallest absolute Gasteiger partial charge is 0.377 e. The molecule has 5 heterocycles. The number of H-pyrrole nitrogens is 1. The number of ether oxygens (including phenoxy) is 1. The van der Waals surface area contributed by atoms with Crippen molar-refractivity contribution in [3.63, 3.8) is 0 Å². The number of hydrogen-bond donors (Lipinski definition) is 2. The highest BCUT2D eigenvalue weighted by molar-refractivity contribution is 6.33. The van der Waals surface area contributed by atoms with E-state index in [1.165, 1.54) is 4.57 Å². The second kappa shape index (κ2) is 13.5. The number of halogens is 5. The Hall–Kier alpha value is -4.64. The van der Waals surface area contributed by atoms with Gasteiger partial charge < -0.3 is 29.5 Å². The van der Waals surface area contributed by atoms with Crippen LogP contribution in [0.25, 0.3) is 11.4 Å². The standard InChI is InChI=1S/C33H36ClF4N9O4/c1-3-25-28(43-9-10-44(18(2)16-43)26-15-39-46(30(26)49)20-5-4-6-20)31(50)47-32(41-29(42-47)19-7-11-51-12-8-19)45(25)17-27(48)40-24-14-23(35)21(13-22(24)34)33(36,37)38/h7,13-15,18,20,39H,3-6,8-12,16-17H2,1-2H3,(H,40,48)/t18-/m1/s1. The number of rotatable bonds is 8. The Morgan fingerprint density at radius 1 is 1.18 bits per heavy atom. The number of piperazine rings is 1. The van der Waals surface area contributed by atoms with Gasteiger partial charge >= 0.3 is 6.18 Å². The van der Waals surface area contributed by atoms with Crippen molar-refractivity contribution in [2.75, 3.05) is 48.0 Å². The molecule has 0 radical (unpaired) electrons. The van der Waals surface area contributed by atoms with Crippen LogP contribution in [0.2, 0.25) is 5.02 Å². The van der Waals surface area contributed by atoms with Crippen LogP contribution in [0.1, 0.15) is 62.7 Å². The molecule has 1 aromatic carbocycles. The van der Waals surface area contributed by atoms with E-state index in [-0.39, 0.29) is 29.1 Å². The maximum atomic E-state index is 14.4. The van der Waals surface area contributed by atoms with Gasteiger partial charge in [0.25, 0.3) is 11.1 Å². The van der Waals surface area contributed by atoms with E-state index in [2.05, 4.69) is 20.5 Å². The fraction of sp³-hybridized carbons (Fsp3) is 0.485. The fourth-order valence-corrected chi connectivity index (χ4v) is 7.21. The lowest BCUT2D eigenvalue weighted by atomic mass is 9.93. The van der Waals surface area contributed by atoms with E-state index in [0.29, 0.717) is 80.7 Å². The van der Waals surface area contributed by atoms with E-state index < -0.39 is 40.6 Å². The number of anilines is 3. The monoisotopic (exact) mass is 733 g/mol. The molecular formula is C33H36ClF4N9O4. The topological polar surface area (TPSA) is 135 Å². The molecule has 18 heteroatoms. The van der Waals surface area contributed by atoms with Crippen LogP contribution in [-0.4, -0.2) is 73.7 Å². The zero-order chi connectivity index (χ0) is 36.2. The average Bonchev–Trinajstić information content (AvgIpc) is 3.67. The highest BCUT2D eigenvalue weighted by Gasteiger charge is 2.36. The van der Waals surface area contributed by atoms with E-state index in [9.17, 15) is 31.9 Å². The van der Waals surface area contributed by atoms with Crippen LogP contribution >= 0.6 is 11.6 Å². The summed E-state index contributed by atoms with van der Waals surface area (Å²) in [6.07, 6.45) is 2.39. The summed E-state index contributed by atoms with van der Waals surface area (Å²) in [5, 5.41) is 9.60. The molecule has 51 heavy (non-hydrogen) atoms. The quantitative estimate of drug-likeness (QED) is 0.251. The predicted octanol–water partition coefficient (Wildman–Crippen LogP) is 4.64. The Morgan fingerprint density at radius 2 is 1.96 bits per heavy atom. The molecule has 1 atom stereocenters. The van der Waals surface area contributed by atoms with Gasteiger partial charge in [-0.3, -0.25) is 14.4 Å². The van der Waals surface area contributed by atoms with Gasteiger partial charge in [0, 0.05) is 31.9 Å². The normalized spacial score (nSPS) is 18.6. The number of aromatic amines is 1. The number of hydrogen-bond acceptors (Lipinski definition) is 8. The van der Waals surface area contributed by atoms with Gasteiger partial charge in [-0.05, 0) is 56.7 Å². The summed E-state index contributed by atoms with van der Waals surface area (Å²) in [7, 11) is 0. The minimum absolute atomic E-state index is 0.0744. The lowest BCUT2D eigenvalue weighted by molar-refractivity contribution is -0.139. The van der Waals surface area contributed by atoms with Crippen LogP contribution in [0.3, 0.4) is 0 Å². The zero-order valence-corrected chi connectivity index (χ0v) is 28.7. The minimum atomic E-state index is -4.98. The molecule has 0 unspecified atom stereocenters. The van der Waals surface area contributed by atoms with E-state index >= 15 is 0 Å². The van der Waals surface area contributed by atoms with Crippen LogP contribution in [0, 0.1) is 5.82 Å². The van der Waals surface area contributed by atoms with Crippen LogP contribution in [0.15, 0.2) is 34.0 Å². The Balaban J connectivity index is 1.24. The van der Waals surface area contributed by atoms with Gasteiger partial charge in [-0.25, -0.2) is 9.07 Å². The number of aromatic nitrogens is 6. The second-order valence-corrected chi connectivity index (χ2v) is 13.4. The van der Waals surface area contributed by atoms with Crippen LogP contribution in [0.4, 0.5) is 34.6 Å². The lowest BCUT2D eigenvalue weighted by Crippen LogP contribution is -2.55. The van der Waals surface area contributed by atoms with Gasteiger partial charge in [-0.1, -0.05) is 24.6 Å². The van der Waals surface area contributed by atoms with Crippen LogP contribution in [-0.2, 0) is 28.7 Å². The average molecular weight is 734 g/mol. The van der Waals surface area contributed by atoms with Crippen LogP contribution < -0.4 is 26.2 Å². The third kappa shape index (κ3) is 6.41. The number of benzene rings is 1. The summed E-state index contributed by atoms with van der Waals surface area (Å²) in [4.78, 5) is 49.7. The van der Waals surface area contributed by atoms with E-state index in [0.717, 1.165) is 29.4 Å². The Morgan fingerprint density at radius 3 is 2.61 bits per heavy atom. The zero-order valence-electron chi connectivity index (χ0n) is 27.9. The van der Waals surface area contributed by atoms with Crippen molar-refractivity contribution >= 4 is 45.9 Å². The van der Waals surface area contributed by atoms with Crippen molar-refractivity contribution in [2.24, 2.45) is 0 Å². The highest BCUT2D eigenvalue weighted by Crippen LogP contribution is 2.36. The molecule has 0 spiro atoms. The first kappa shape index (κ1) is 34.8. The number of alkyl halides is 3. The van der Waals surface area contributed by atoms with Gasteiger partial charge in [0.05, 0.1) is 41.2 Å². The SMILES string of the molecule is CCc1c(N2CCN(c3c[nH]n(C4CCC4)c3=O)[C@H](C)C2)c(=O)n2nc(C3=CCOCC3)nc2n1CC(=O)Nc1cc(F)c(C(F)(F)F)cc1Cl. The molecule has 1 amide bonds. The highest BCUT2D eigenvalue weighted by atomic mass is 35.5. The number of amides is 1. The Bertz CT molecular complexity index is 2150. The molecule has 13 nitrogen and oxygen atoms in total. The molecule has 2 aliphatic heterocycles. The number of fused-ring (bicyclic) bond motifs is 1. The third-order valence-corrected chi connectivity index (χ3v) is 10.1. The largest absolute Gasteiger partial charge is 0.419 e. The first-order chi connectivity index (χ1) is 24.3. The van der Waals surface area contributed by atoms with Crippen molar-refractivity contribution in [3.8, 4) is 0 Å². The molecule has 3 aliphatic rings. The van der Waals surface area contributed by atoms with Crippen molar-refractivity contribution < 1.29 is 27.1 Å². The Labute approximate surface area is 293 Å². The number of nitrogens with one attached hydrogen (secondary N) is 2. The van der Waals surface area contributed by atoms with Gasteiger partial charge in [0.1, 0.15) is 23.7 Å². The minimum Gasteiger partial charge on any atom is -0.377 e. The van der Waals surface area contributed by atoms with Crippen molar-refractivity contribution in [3.05, 3.63) is 73.0 Å². The number of carbonyl (C=O) groups excluding carboxylic acids is 1. The van der Waals surface area contributed by atoms with Gasteiger partial charge in [0.15, 0.2) is 5.82 Å². The molecule has 2 N–H and O–H groups in total. The molecule has 2 fully saturated rings. The van der Waals surface area contributed by atoms with Crippen molar-refractivity contribution in [2.45, 2.75) is 70.8 Å².